The molecule has 100 valence electrons. The van der Waals surface area contributed by atoms with Crippen LogP contribution in [-0.2, 0) is 10.9 Å². The van der Waals surface area contributed by atoms with Crippen molar-refractivity contribution in [3.8, 4) is 0 Å². The standard InChI is InChI=1S/C15H16BrNOS/c1-15(2,13-4-3-9-19-13)17-14(18)12-7-5-11(10-16)6-8-12/h3-9H,10H2,1-2H3,(H,17,18). The zero-order valence-corrected chi connectivity index (χ0v) is 13.3. The third kappa shape index (κ3) is 3.45. The van der Waals surface area contributed by atoms with Crippen molar-refractivity contribution in [2.45, 2.75) is 24.7 Å². The zero-order valence-electron chi connectivity index (χ0n) is 10.9. The van der Waals surface area contributed by atoms with E-state index in [1.54, 1.807) is 11.3 Å². The Hall–Kier alpha value is -1.13. The highest BCUT2D eigenvalue weighted by Gasteiger charge is 2.24. The molecule has 1 amide bonds. The zero-order chi connectivity index (χ0) is 13.9. The minimum atomic E-state index is -0.348. The highest BCUT2D eigenvalue weighted by atomic mass is 79.9. The SMILES string of the molecule is CC(C)(NC(=O)c1ccc(CBr)cc1)c1cccs1. The Bertz CT molecular complexity index is 546. The van der Waals surface area contributed by atoms with Gasteiger partial charge in [-0.05, 0) is 43.0 Å². The molecule has 0 aliphatic heterocycles. The fourth-order valence-electron chi connectivity index (χ4n) is 1.80. The maximum absolute atomic E-state index is 12.2. The van der Waals surface area contributed by atoms with Crippen molar-refractivity contribution in [1.29, 1.82) is 0 Å². The molecule has 1 N–H and O–H groups in total. The third-order valence-corrected chi connectivity index (χ3v) is 4.77. The molecular formula is C15H16BrNOS. The van der Waals surface area contributed by atoms with E-state index in [0.717, 1.165) is 15.8 Å². The van der Waals surface area contributed by atoms with Gasteiger partial charge in [0, 0.05) is 15.8 Å². The lowest BCUT2D eigenvalue weighted by atomic mass is 10.0. The predicted molar refractivity (Wildman–Crippen MR) is 83.9 cm³/mol. The number of halogens is 1. The molecule has 0 fully saturated rings. The van der Waals surface area contributed by atoms with Gasteiger partial charge in [0.2, 0.25) is 0 Å². The van der Waals surface area contributed by atoms with Crippen molar-refractivity contribution in [3.05, 3.63) is 57.8 Å². The van der Waals surface area contributed by atoms with Crippen molar-refractivity contribution in [1.82, 2.24) is 5.32 Å². The van der Waals surface area contributed by atoms with Crippen LogP contribution in [0.3, 0.4) is 0 Å². The fraction of sp³-hybridized carbons (Fsp3) is 0.267. The summed E-state index contributed by atoms with van der Waals surface area (Å²) in [6, 6.07) is 11.7. The Morgan fingerprint density at radius 3 is 2.47 bits per heavy atom. The number of carbonyl (C=O) groups excluding carboxylic acids is 1. The molecule has 0 saturated carbocycles. The molecule has 19 heavy (non-hydrogen) atoms. The molecule has 0 radical (unpaired) electrons. The minimum Gasteiger partial charge on any atom is -0.342 e. The largest absolute Gasteiger partial charge is 0.342 e. The number of carbonyl (C=O) groups is 1. The normalized spacial score (nSPS) is 11.3. The maximum atomic E-state index is 12.2. The monoisotopic (exact) mass is 337 g/mol. The van der Waals surface area contributed by atoms with Gasteiger partial charge in [0.05, 0.1) is 5.54 Å². The molecule has 0 atom stereocenters. The van der Waals surface area contributed by atoms with Gasteiger partial charge in [-0.1, -0.05) is 34.1 Å². The molecular weight excluding hydrogens is 322 g/mol. The summed E-state index contributed by atoms with van der Waals surface area (Å²) in [5, 5.41) is 5.90. The van der Waals surface area contributed by atoms with E-state index in [1.807, 2.05) is 55.6 Å². The van der Waals surface area contributed by atoms with E-state index in [0.29, 0.717) is 5.56 Å². The summed E-state index contributed by atoms with van der Waals surface area (Å²) < 4.78 is 0. The van der Waals surface area contributed by atoms with E-state index >= 15 is 0 Å². The first-order valence-electron chi connectivity index (χ1n) is 6.04. The Kier molecular flexibility index (Phi) is 4.42. The molecule has 2 rings (SSSR count). The molecule has 0 bridgehead atoms. The van der Waals surface area contributed by atoms with E-state index < -0.39 is 0 Å². The molecule has 1 aromatic carbocycles. The van der Waals surface area contributed by atoms with Gasteiger partial charge < -0.3 is 5.32 Å². The van der Waals surface area contributed by atoms with E-state index in [1.165, 1.54) is 0 Å². The molecule has 0 aliphatic rings. The van der Waals surface area contributed by atoms with Crippen molar-refractivity contribution >= 4 is 33.2 Å². The highest BCUT2D eigenvalue weighted by molar-refractivity contribution is 9.08. The average molecular weight is 338 g/mol. The molecule has 1 heterocycles. The number of hydrogen-bond acceptors (Lipinski definition) is 2. The summed E-state index contributed by atoms with van der Waals surface area (Å²) >= 11 is 5.05. The molecule has 0 aliphatic carbocycles. The Morgan fingerprint density at radius 1 is 1.26 bits per heavy atom. The Morgan fingerprint density at radius 2 is 1.95 bits per heavy atom. The molecule has 1 aromatic heterocycles. The van der Waals surface area contributed by atoms with Gasteiger partial charge in [0.15, 0.2) is 0 Å². The number of thiophene rings is 1. The number of alkyl halides is 1. The second-order valence-corrected chi connectivity index (χ2v) is 6.40. The van der Waals surface area contributed by atoms with E-state index in [-0.39, 0.29) is 11.4 Å². The lowest BCUT2D eigenvalue weighted by Gasteiger charge is -2.25. The number of benzene rings is 1. The van der Waals surface area contributed by atoms with Crippen molar-refractivity contribution in [2.75, 3.05) is 0 Å². The van der Waals surface area contributed by atoms with E-state index in [9.17, 15) is 4.79 Å². The topological polar surface area (TPSA) is 29.1 Å². The maximum Gasteiger partial charge on any atom is 0.251 e. The number of rotatable bonds is 4. The van der Waals surface area contributed by atoms with Crippen LogP contribution in [0.15, 0.2) is 41.8 Å². The number of amides is 1. The van der Waals surface area contributed by atoms with Crippen LogP contribution < -0.4 is 5.32 Å². The average Bonchev–Trinajstić information content (AvgIpc) is 2.93. The Labute approximate surface area is 126 Å². The van der Waals surface area contributed by atoms with Crippen LogP contribution in [0.25, 0.3) is 0 Å². The third-order valence-electron chi connectivity index (χ3n) is 2.93. The van der Waals surface area contributed by atoms with Gasteiger partial charge in [0.1, 0.15) is 0 Å². The fourth-order valence-corrected chi connectivity index (χ4v) is 2.98. The van der Waals surface area contributed by atoms with Gasteiger partial charge in [-0.25, -0.2) is 0 Å². The van der Waals surface area contributed by atoms with Gasteiger partial charge in [-0.3, -0.25) is 4.79 Å². The summed E-state index contributed by atoms with van der Waals surface area (Å²) in [7, 11) is 0. The van der Waals surface area contributed by atoms with Crippen LogP contribution in [0.1, 0.15) is 34.6 Å². The quantitative estimate of drug-likeness (QED) is 0.827. The summed E-state index contributed by atoms with van der Waals surface area (Å²) in [6.45, 7) is 4.03. The van der Waals surface area contributed by atoms with Gasteiger partial charge >= 0.3 is 0 Å². The first-order chi connectivity index (χ1) is 9.03. The molecule has 0 saturated heterocycles. The summed E-state index contributed by atoms with van der Waals surface area (Å²) in [5.74, 6) is -0.0421. The minimum absolute atomic E-state index is 0.0421. The van der Waals surface area contributed by atoms with Crippen molar-refractivity contribution in [3.63, 3.8) is 0 Å². The smallest absolute Gasteiger partial charge is 0.251 e. The molecule has 2 nitrogen and oxygen atoms in total. The molecule has 2 aromatic rings. The second kappa shape index (κ2) is 5.88. The van der Waals surface area contributed by atoms with Crippen LogP contribution in [-0.4, -0.2) is 5.91 Å². The van der Waals surface area contributed by atoms with Gasteiger partial charge in [-0.15, -0.1) is 11.3 Å². The molecule has 0 unspecified atom stereocenters. The first-order valence-corrected chi connectivity index (χ1v) is 8.04. The van der Waals surface area contributed by atoms with Crippen LogP contribution in [0.2, 0.25) is 0 Å². The summed E-state index contributed by atoms with van der Waals surface area (Å²) in [5.41, 5.74) is 1.50. The molecule has 0 spiro atoms. The van der Waals surface area contributed by atoms with Gasteiger partial charge in [0.25, 0.3) is 5.91 Å². The van der Waals surface area contributed by atoms with E-state index in [4.69, 9.17) is 0 Å². The van der Waals surface area contributed by atoms with Crippen molar-refractivity contribution in [2.24, 2.45) is 0 Å². The molecule has 4 heteroatoms. The van der Waals surface area contributed by atoms with Crippen LogP contribution in [0.5, 0.6) is 0 Å². The number of nitrogens with one attached hydrogen (secondary N) is 1. The van der Waals surface area contributed by atoms with Crippen LogP contribution >= 0.6 is 27.3 Å². The first kappa shape index (κ1) is 14.3. The number of hydrogen-bond donors (Lipinski definition) is 1. The highest BCUT2D eigenvalue weighted by Crippen LogP contribution is 2.25. The van der Waals surface area contributed by atoms with Crippen LogP contribution in [0, 0.1) is 0 Å². The Balaban J connectivity index is 2.12. The summed E-state index contributed by atoms with van der Waals surface area (Å²) in [4.78, 5) is 13.4. The van der Waals surface area contributed by atoms with Gasteiger partial charge in [-0.2, -0.15) is 0 Å². The van der Waals surface area contributed by atoms with Crippen molar-refractivity contribution < 1.29 is 4.79 Å². The lowest BCUT2D eigenvalue weighted by Crippen LogP contribution is -2.40. The summed E-state index contributed by atoms with van der Waals surface area (Å²) in [6.07, 6.45) is 0. The lowest BCUT2D eigenvalue weighted by molar-refractivity contribution is 0.0913. The van der Waals surface area contributed by atoms with E-state index in [2.05, 4.69) is 21.2 Å². The predicted octanol–water partition coefficient (Wildman–Crippen LogP) is 4.31. The van der Waals surface area contributed by atoms with Crippen LogP contribution in [0.4, 0.5) is 0 Å². The second-order valence-electron chi connectivity index (χ2n) is 4.89.